The minimum atomic E-state index is 0.606. The van der Waals surface area contributed by atoms with Gasteiger partial charge in [0.1, 0.15) is 0 Å². The Balaban J connectivity index is 1.84. The van der Waals surface area contributed by atoms with Gasteiger partial charge in [-0.3, -0.25) is 4.99 Å². The van der Waals surface area contributed by atoms with E-state index in [2.05, 4.69) is 52.5 Å². The van der Waals surface area contributed by atoms with E-state index in [1.165, 1.54) is 5.56 Å². The molecule has 0 radical (unpaired) electrons. The van der Waals surface area contributed by atoms with Crippen LogP contribution in [-0.4, -0.2) is 10.4 Å². The minimum Gasteiger partial charge on any atom is -0.253 e. The minimum absolute atomic E-state index is 0.606. The second-order valence-corrected chi connectivity index (χ2v) is 9.12. The Hall–Kier alpha value is -2.47. The largest absolute Gasteiger partial charge is 0.253 e. The molecule has 0 unspecified atom stereocenters. The van der Waals surface area contributed by atoms with E-state index in [4.69, 9.17) is 21.7 Å². The maximum Gasteiger partial charge on any atom is 0.206 e. The van der Waals surface area contributed by atoms with Crippen molar-refractivity contribution in [3.05, 3.63) is 110 Å². The number of hydrogen-bond acceptors (Lipinski definition) is 3. The molecule has 0 N–H and O–H groups in total. The van der Waals surface area contributed by atoms with Crippen LogP contribution in [0.4, 0.5) is 0 Å². The molecule has 0 atom stereocenters. The number of benzene rings is 3. The van der Waals surface area contributed by atoms with Gasteiger partial charge in [0.15, 0.2) is 0 Å². The first kappa shape index (κ1) is 21.8. The lowest BCUT2D eigenvalue weighted by molar-refractivity contribution is 0.815. The maximum atomic E-state index is 6.24. The number of thiazole rings is 1. The van der Waals surface area contributed by atoms with Crippen molar-refractivity contribution in [1.29, 1.82) is 0 Å². The topological polar surface area (TPSA) is 29.6 Å². The monoisotopic (exact) mass is 509 g/mol. The van der Waals surface area contributed by atoms with Gasteiger partial charge in [-0.15, -0.1) is 11.3 Å². The maximum absolute atomic E-state index is 6.24. The van der Waals surface area contributed by atoms with Crippen molar-refractivity contribution in [3.63, 3.8) is 0 Å². The quantitative estimate of drug-likeness (QED) is 0.242. The zero-order valence-corrected chi connectivity index (χ0v) is 20.2. The fourth-order valence-electron chi connectivity index (χ4n) is 3.19. The molecule has 3 aromatic carbocycles. The summed E-state index contributed by atoms with van der Waals surface area (Å²) in [6.07, 6.45) is 0.779. The number of hydrogen-bond donors (Lipinski definition) is 0. The average Bonchev–Trinajstić information content (AvgIpc) is 3.19. The van der Waals surface area contributed by atoms with Crippen molar-refractivity contribution in [2.75, 3.05) is 0 Å². The highest BCUT2D eigenvalue weighted by Crippen LogP contribution is 2.23. The normalized spacial score (nSPS) is 12.4. The van der Waals surface area contributed by atoms with Gasteiger partial charge in [0.25, 0.3) is 0 Å². The summed E-state index contributed by atoms with van der Waals surface area (Å²) in [5.74, 6) is 0. The molecule has 0 saturated heterocycles. The summed E-state index contributed by atoms with van der Waals surface area (Å²) in [7, 11) is 0. The SMILES string of the molecule is CCC(=Nn1c(-c2ccc(Br)cc2)csc1=NCc1ccccc1)c1cccc(Cl)c1. The van der Waals surface area contributed by atoms with E-state index < -0.39 is 0 Å². The van der Waals surface area contributed by atoms with Gasteiger partial charge in [-0.25, -0.2) is 4.68 Å². The summed E-state index contributed by atoms with van der Waals surface area (Å²) in [4.78, 5) is 5.73. The molecule has 4 rings (SSSR count). The van der Waals surface area contributed by atoms with Gasteiger partial charge in [0.05, 0.1) is 18.0 Å². The summed E-state index contributed by atoms with van der Waals surface area (Å²) in [6, 6.07) is 26.4. The van der Waals surface area contributed by atoms with E-state index >= 15 is 0 Å². The molecule has 0 amide bonds. The van der Waals surface area contributed by atoms with Gasteiger partial charge in [0.2, 0.25) is 4.80 Å². The van der Waals surface area contributed by atoms with Gasteiger partial charge in [-0.05, 0) is 41.8 Å². The Morgan fingerprint density at radius 1 is 1.00 bits per heavy atom. The predicted molar refractivity (Wildman–Crippen MR) is 135 cm³/mol. The van der Waals surface area contributed by atoms with Crippen molar-refractivity contribution >= 4 is 44.6 Å². The lowest BCUT2D eigenvalue weighted by Gasteiger charge is -2.09. The predicted octanol–water partition coefficient (Wildman–Crippen LogP) is 7.40. The van der Waals surface area contributed by atoms with E-state index in [1.54, 1.807) is 11.3 Å². The van der Waals surface area contributed by atoms with E-state index in [9.17, 15) is 0 Å². The van der Waals surface area contributed by atoms with Crippen molar-refractivity contribution in [2.45, 2.75) is 19.9 Å². The Kier molecular flexibility index (Phi) is 7.17. The first-order valence-electron chi connectivity index (χ1n) is 9.98. The second-order valence-electron chi connectivity index (χ2n) is 6.93. The third kappa shape index (κ3) is 5.42. The third-order valence-corrected chi connectivity index (χ3v) is 6.40. The van der Waals surface area contributed by atoms with Crippen LogP contribution in [0.3, 0.4) is 0 Å². The third-order valence-electron chi connectivity index (χ3n) is 4.78. The fourth-order valence-corrected chi connectivity index (χ4v) is 4.47. The molecule has 1 heterocycles. The lowest BCUT2D eigenvalue weighted by atomic mass is 10.1. The van der Waals surface area contributed by atoms with Crippen LogP contribution in [0.25, 0.3) is 11.3 Å². The highest BCUT2D eigenvalue weighted by molar-refractivity contribution is 9.10. The molecule has 6 heteroatoms. The Labute approximate surface area is 199 Å². The molecule has 156 valence electrons. The molecule has 4 aromatic rings. The van der Waals surface area contributed by atoms with E-state index in [0.29, 0.717) is 11.6 Å². The molecule has 0 saturated carbocycles. The number of rotatable bonds is 6. The van der Waals surface area contributed by atoms with Crippen LogP contribution in [0.2, 0.25) is 5.02 Å². The number of nitrogens with zero attached hydrogens (tertiary/aromatic N) is 3. The zero-order valence-electron chi connectivity index (χ0n) is 17.0. The standard InChI is InChI=1S/C25H21BrClN3S/c1-2-23(20-9-6-10-22(27)15-20)29-30-24(19-11-13-21(26)14-12-19)17-31-25(30)28-16-18-7-4-3-5-8-18/h3-15,17H,2,16H2,1H3. The molecule has 3 nitrogen and oxygen atoms in total. The molecule has 0 aliphatic rings. The zero-order chi connectivity index (χ0) is 21.6. The van der Waals surface area contributed by atoms with Crippen LogP contribution < -0.4 is 4.80 Å². The number of halogens is 2. The van der Waals surface area contributed by atoms with Crippen LogP contribution in [0, 0.1) is 0 Å². The molecule has 0 fully saturated rings. The Morgan fingerprint density at radius 2 is 1.77 bits per heavy atom. The number of aromatic nitrogens is 1. The van der Waals surface area contributed by atoms with Gasteiger partial charge in [-0.2, -0.15) is 5.10 Å². The Morgan fingerprint density at radius 3 is 2.48 bits per heavy atom. The van der Waals surface area contributed by atoms with Crippen LogP contribution in [-0.2, 0) is 6.54 Å². The van der Waals surface area contributed by atoms with E-state index in [0.717, 1.165) is 38.2 Å². The van der Waals surface area contributed by atoms with Crippen molar-refractivity contribution in [1.82, 2.24) is 4.68 Å². The van der Waals surface area contributed by atoms with E-state index in [1.807, 2.05) is 59.3 Å². The molecule has 0 bridgehead atoms. The highest BCUT2D eigenvalue weighted by atomic mass is 79.9. The van der Waals surface area contributed by atoms with Crippen molar-refractivity contribution in [3.8, 4) is 11.3 Å². The highest BCUT2D eigenvalue weighted by Gasteiger charge is 2.10. The molecule has 0 aliphatic carbocycles. The molecular weight excluding hydrogens is 490 g/mol. The molecule has 0 spiro atoms. The first-order chi connectivity index (χ1) is 15.1. The van der Waals surface area contributed by atoms with Gasteiger partial charge >= 0.3 is 0 Å². The van der Waals surface area contributed by atoms with Gasteiger partial charge in [-0.1, -0.05) is 89.1 Å². The average molecular weight is 511 g/mol. The van der Waals surface area contributed by atoms with Crippen molar-refractivity contribution < 1.29 is 0 Å². The lowest BCUT2D eigenvalue weighted by Crippen LogP contribution is -2.15. The van der Waals surface area contributed by atoms with Crippen LogP contribution in [0.15, 0.2) is 98.8 Å². The summed E-state index contributed by atoms with van der Waals surface area (Å²) < 4.78 is 3.00. The molecule has 1 aromatic heterocycles. The second kappa shape index (κ2) is 10.2. The Bertz CT molecular complexity index is 1260. The smallest absolute Gasteiger partial charge is 0.206 e. The summed E-state index contributed by atoms with van der Waals surface area (Å²) in [5.41, 5.74) is 5.25. The first-order valence-corrected chi connectivity index (χ1v) is 12.0. The van der Waals surface area contributed by atoms with Crippen LogP contribution in [0.1, 0.15) is 24.5 Å². The van der Waals surface area contributed by atoms with Gasteiger partial charge < -0.3 is 0 Å². The summed E-state index contributed by atoms with van der Waals surface area (Å²) >= 11 is 11.4. The fraction of sp³-hybridized carbons (Fsp3) is 0.120. The van der Waals surface area contributed by atoms with Crippen LogP contribution in [0.5, 0.6) is 0 Å². The summed E-state index contributed by atoms with van der Waals surface area (Å²) in [6.45, 7) is 2.71. The van der Waals surface area contributed by atoms with E-state index in [-0.39, 0.29) is 0 Å². The van der Waals surface area contributed by atoms with Gasteiger partial charge in [0, 0.05) is 20.4 Å². The van der Waals surface area contributed by atoms with Crippen LogP contribution >= 0.6 is 38.9 Å². The van der Waals surface area contributed by atoms with Crippen molar-refractivity contribution in [2.24, 2.45) is 10.1 Å². The summed E-state index contributed by atoms with van der Waals surface area (Å²) in [5, 5.41) is 7.86. The molecular formula is C25H21BrClN3S. The molecule has 31 heavy (non-hydrogen) atoms. The molecule has 0 aliphatic heterocycles.